The molecule has 0 heterocycles. The Kier molecular flexibility index (Phi) is 4.40. The second-order valence-corrected chi connectivity index (χ2v) is 16.3. The van der Waals surface area contributed by atoms with Crippen molar-refractivity contribution in [3.05, 3.63) is 0 Å². The maximum absolute atomic E-state index is 11.7. The van der Waals surface area contributed by atoms with Gasteiger partial charge in [0.15, 0.2) is 0 Å². The van der Waals surface area contributed by atoms with Crippen molar-refractivity contribution in [1.29, 1.82) is 0 Å². The minimum atomic E-state index is -1.29. The van der Waals surface area contributed by atoms with Crippen LogP contribution in [0.5, 0.6) is 0 Å². The van der Waals surface area contributed by atoms with Gasteiger partial charge in [0, 0.05) is 0 Å². The van der Waals surface area contributed by atoms with Crippen LogP contribution in [0.4, 0.5) is 0 Å². The van der Waals surface area contributed by atoms with Crippen molar-refractivity contribution in [2.75, 3.05) is 0 Å². The molecule has 1 unspecified atom stereocenters. The van der Waals surface area contributed by atoms with E-state index in [4.69, 9.17) is 0 Å². The highest BCUT2D eigenvalue weighted by atomic mass is 29.2. The number of hydrogen-bond acceptors (Lipinski definition) is 1. The molecule has 0 amide bonds. The highest BCUT2D eigenvalue weighted by Crippen LogP contribution is 2.13. The van der Waals surface area contributed by atoms with Gasteiger partial charge in [-0.15, -0.1) is 0 Å². The lowest BCUT2D eigenvalue weighted by Crippen LogP contribution is -2.36. The van der Waals surface area contributed by atoms with Crippen molar-refractivity contribution in [2.24, 2.45) is 5.92 Å². The second kappa shape index (κ2) is 4.31. The molecule has 0 radical (unpaired) electrons. The van der Waals surface area contributed by atoms with Gasteiger partial charge in [-0.05, 0) is 12.0 Å². The van der Waals surface area contributed by atoms with Crippen molar-refractivity contribution in [1.82, 2.24) is 0 Å². The Hall–Kier alpha value is 0.234. The first-order chi connectivity index (χ1) is 4.88. The van der Waals surface area contributed by atoms with E-state index in [9.17, 15) is 4.46 Å². The smallest absolute Gasteiger partial charge is 0.256 e. The minimum absolute atomic E-state index is 0.660. The first kappa shape index (κ1) is 11.2. The zero-order valence-corrected chi connectivity index (χ0v) is 10.4. The maximum atomic E-state index is 11.7. The average molecular weight is 188 g/mol. The molecular formula is C8H20OSi2. The predicted molar refractivity (Wildman–Crippen MR) is 54.0 cm³/mol. The standard InChI is InChI=1S/C8H20OSi2/c1-6-8(2)7-10(9)11(3,4)5/h8H,6-7H2,1-5H3. The molecule has 0 aromatic heterocycles. The van der Waals surface area contributed by atoms with E-state index in [0.717, 1.165) is 6.04 Å². The number of hydrogen-bond donors (Lipinski definition) is 0. The van der Waals surface area contributed by atoms with Gasteiger partial charge >= 0.3 is 0 Å². The molecule has 0 saturated carbocycles. The molecule has 0 saturated heterocycles. The summed E-state index contributed by atoms with van der Waals surface area (Å²) >= 11 is 0. The van der Waals surface area contributed by atoms with E-state index >= 15 is 0 Å². The van der Waals surface area contributed by atoms with E-state index in [0.29, 0.717) is 5.92 Å². The van der Waals surface area contributed by atoms with Crippen LogP contribution in [0.25, 0.3) is 0 Å². The highest BCUT2D eigenvalue weighted by molar-refractivity contribution is 7.25. The second-order valence-electron chi connectivity index (χ2n) is 4.39. The quantitative estimate of drug-likeness (QED) is 0.620. The molecule has 0 fully saturated rings. The lowest BCUT2D eigenvalue weighted by atomic mass is 10.2. The molecule has 0 bridgehead atoms. The third kappa shape index (κ3) is 4.64. The van der Waals surface area contributed by atoms with E-state index < -0.39 is 15.8 Å². The van der Waals surface area contributed by atoms with Crippen LogP contribution < -0.4 is 0 Å². The van der Waals surface area contributed by atoms with Gasteiger partial charge < -0.3 is 4.46 Å². The molecule has 11 heavy (non-hydrogen) atoms. The summed E-state index contributed by atoms with van der Waals surface area (Å²) in [5.41, 5.74) is 0. The zero-order valence-electron chi connectivity index (χ0n) is 8.40. The van der Waals surface area contributed by atoms with Gasteiger partial charge in [0.05, 0.1) is 0 Å². The van der Waals surface area contributed by atoms with Gasteiger partial charge in [-0.1, -0.05) is 39.9 Å². The molecule has 0 rings (SSSR count). The summed E-state index contributed by atoms with van der Waals surface area (Å²) in [6.07, 6.45) is 1.17. The Balaban J connectivity index is 3.88. The SMILES string of the molecule is CCC(C)C[Si](=O)[Si](C)(C)C. The van der Waals surface area contributed by atoms with E-state index in [1.807, 2.05) is 0 Å². The fourth-order valence-electron chi connectivity index (χ4n) is 0.767. The summed E-state index contributed by atoms with van der Waals surface area (Å²) < 4.78 is 11.7. The highest BCUT2D eigenvalue weighted by Gasteiger charge is 2.26. The fraction of sp³-hybridized carbons (Fsp3) is 1.00. The van der Waals surface area contributed by atoms with Crippen LogP contribution in [0.3, 0.4) is 0 Å². The molecule has 0 aromatic carbocycles. The van der Waals surface area contributed by atoms with E-state index in [1.54, 1.807) is 0 Å². The fourth-order valence-corrected chi connectivity index (χ4v) is 5.18. The normalized spacial score (nSPS) is 14.6. The summed E-state index contributed by atoms with van der Waals surface area (Å²) in [5, 5.41) is 0. The zero-order chi connectivity index (χ0) is 9.07. The van der Waals surface area contributed by atoms with Crippen molar-refractivity contribution in [3.8, 4) is 0 Å². The topological polar surface area (TPSA) is 17.1 Å². The van der Waals surface area contributed by atoms with E-state index in [-0.39, 0.29) is 0 Å². The summed E-state index contributed by atoms with van der Waals surface area (Å²) in [5.74, 6) is 0.660. The Bertz CT molecular complexity index is 138. The first-order valence-corrected chi connectivity index (χ1v) is 10.5. The molecule has 1 atom stereocenters. The molecule has 66 valence electrons. The van der Waals surface area contributed by atoms with Crippen molar-refractivity contribution < 1.29 is 4.46 Å². The maximum Gasteiger partial charge on any atom is 0.256 e. The van der Waals surface area contributed by atoms with Crippen molar-refractivity contribution in [2.45, 2.75) is 46.0 Å². The van der Waals surface area contributed by atoms with Crippen LogP contribution in [0.2, 0.25) is 25.7 Å². The number of rotatable bonds is 4. The van der Waals surface area contributed by atoms with Crippen LogP contribution in [0, 0.1) is 5.92 Å². The van der Waals surface area contributed by atoms with E-state index in [1.165, 1.54) is 6.42 Å². The molecule has 0 aromatic rings. The van der Waals surface area contributed by atoms with Crippen LogP contribution in [-0.4, -0.2) is 15.8 Å². The first-order valence-electron chi connectivity index (χ1n) is 4.41. The van der Waals surface area contributed by atoms with Crippen LogP contribution in [0.15, 0.2) is 0 Å². The Labute approximate surface area is 72.7 Å². The van der Waals surface area contributed by atoms with Crippen LogP contribution >= 0.6 is 0 Å². The van der Waals surface area contributed by atoms with Gasteiger partial charge in [-0.3, -0.25) is 0 Å². The molecule has 3 heteroatoms. The van der Waals surface area contributed by atoms with Crippen molar-refractivity contribution >= 4 is 15.8 Å². The molecule has 0 N–H and O–H groups in total. The molecule has 0 aliphatic heterocycles. The average Bonchev–Trinajstić information content (AvgIpc) is 1.85. The van der Waals surface area contributed by atoms with Gasteiger partial charge in [-0.2, -0.15) is 0 Å². The van der Waals surface area contributed by atoms with Gasteiger partial charge in [-0.25, -0.2) is 0 Å². The molecule has 0 aliphatic carbocycles. The Morgan fingerprint density at radius 1 is 1.36 bits per heavy atom. The third-order valence-corrected chi connectivity index (χ3v) is 10.4. The minimum Gasteiger partial charge on any atom is -0.393 e. The largest absolute Gasteiger partial charge is 0.393 e. The van der Waals surface area contributed by atoms with Crippen LogP contribution in [0.1, 0.15) is 20.3 Å². The van der Waals surface area contributed by atoms with Crippen molar-refractivity contribution in [3.63, 3.8) is 0 Å². The summed E-state index contributed by atoms with van der Waals surface area (Å²) in [6, 6.07) is 0.983. The lowest BCUT2D eigenvalue weighted by molar-refractivity contribution is 0.545. The summed E-state index contributed by atoms with van der Waals surface area (Å²) in [4.78, 5) is 0. The van der Waals surface area contributed by atoms with Gasteiger partial charge in [0.25, 0.3) is 8.20 Å². The van der Waals surface area contributed by atoms with E-state index in [2.05, 4.69) is 33.5 Å². The molecular weight excluding hydrogens is 168 g/mol. The predicted octanol–water partition coefficient (Wildman–Crippen LogP) is 2.87. The molecule has 1 nitrogen and oxygen atoms in total. The van der Waals surface area contributed by atoms with Crippen LogP contribution in [-0.2, 0) is 4.46 Å². The third-order valence-electron chi connectivity index (χ3n) is 2.07. The van der Waals surface area contributed by atoms with Gasteiger partial charge in [0.2, 0.25) is 0 Å². The molecule has 0 aliphatic rings. The Morgan fingerprint density at radius 2 is 1.82 bits per heavy atom. The Morgan fingerprint density at radius 3 is 2.09 bits per heavy atom. The summed E-state index contributed by atoms with van der Waals surface area (Å²) in [7, 11) is -2.52. The van der Waals surface area contributed by atoms with Gasteiger partial charge in [0.1, 0.15) is 7.59 Å². The lowest BCUT2D eigenvalue weighted by Gasteiger charge is -2.14. The molecule has 0 spiro atoms. The summed E-state index contributed by atoms with van der Waals surface area (Å²) in [6.45, 7) is 11.0. The monoisotopic (exact) mass is 188 g/mol.